The molecule has 0 aromatic heterocycles. The van der Waals surface area contributed by atoms with Crippen molar-refractivity contribution in [3.8, 4) is 11.5 Å². The number of hydrogen-bond donors (Lipinski definition) is 1. The van der Waals surface area contributed by atoms with Gasteiger partial charge in [0.05, 0.1) is 25.3 Å². The number of rotatable bonds is 11. The summed E-state index contributed by atoms with van der Waals surface area (Å²) in [6, 6.07) is 12.0. The number of methoxy groups -OCH3 is 1. The van der Waals surface area contributed by atoms with Crippen molar-refractivity contribution in [2.24, 2.45) is 0 Å². The van der Waals surface area contributed by atoms with E-state index in [-0.39, 0.29) is 17.3 Å². The number of likely N-dealkylation sites (tertiary alicyclic amines) is 1. The molecule has 0 aliphatic carbocycles. The van der Waals surface area contributed by atoms with Gasteiger partial charge in [0.25, 0.3) is 11.7 Å². The molecule has 0 bridgehead atoms. The van der Waals surface area contributed by atoms with E-state index < -0.39 is 17.7 Å². The Morgan fingerprint density at radius 1 is 1.06 bits per heavy atom. The number of ketones is 1. The molecule has 7 nitrogen and oxygen atoms in total. The van der Waals surface area contributed by atoms with Gasteiger partial charge in [0.1, 0.15) is 17.3 Å². The van der Waals surface area contributed by atoms with Gasteiger partial charge in [-0.2, -0.15) is 0 Å². The van der Waals surface area contributed by atoms with E-state index in [4.69, 9.17) is 9.47 Å². The van der Waals surface area contributed by atoms with Crippen LogP contribution in [-0.2, 0) is 9.59 Å². The Morgan fingerprint density at radius 2 is 1.72 bits per heavy atom. The van der Waals surface area contributed by atoms with E-state index in [1.807, 2.05) is 45.0 Å². The monoisotopic (exact) mass is 494 g/mol. The molecule has 1 aliphatic heterocycles. The van der Waals surface area contributed by atoms with E-state index in [0.29, 0.717) is 31.0 Å². The standard InChI is InChI=1S/C29H38N2O5/c1-7-30(8-2)16-17-31-26(20-10-13-22(35-6)14-11-20)25(28(33)29(31)34)27(32)21-12-15-24(36-9-3)23(18-21)19(4)5/h10-15,18-19,26,32H,7-9,16-17H2,1-6H3/b27-25-. The quantitative estimate of drug-likeness (QED) is 0.270. The van der Waals surface area contributed by atoms with Crippen LogP contribution in [0.4, 0.5) is 0 Å². The van der Waals surface area contributed by atoms with Crippen molar-refractivity contribution >= 4 is 17.4 Å². The molecule has 0 saturated carbocycles. The highest BCUT2D eigenvalue weighted by Gasteiger charge is 2.46. The summed E-state index contributed by atoms with van der Waals surface area (Å²) >= 11 is 0. The highest BCUT2D eigenvalue weighted by molar-refractivity contribution is 6.46. The third kappa shape index (κ3) is 5.57. The summed E-state index contributed by atoms with van der Waals surface area (Å²) in [4.78, 5) is 30.3. The van der Waals surface area contributed by atoms with Gasteiger partial charge in [-0.25, -0.2) is 0 Å². The summed E-state index contributed by atoms with van der Waals surface area (Å²) in [7, 11) is 1.59. The van der Waals surface area contributed by atoms with Crippen LogP contribution in [0.2, 0.25) is 0 Å². The number of Topliss-reactive ketones (excluding diaryl/α,β-unsaturated/α-hetero) is 1. The zero-order chi connectivity index (χ0) is 26.4. The number of carbonyl (C=O) groups is 2. The second-order valence-corrected chi connectivity index (χ2v) is 9.13. The van der Waals surface area contributed by atoms with E-state index in [1.165, 1.54) is 0 Å². The maximum atomic E-state index is 13.3. The van der Waals surface area contributed by atoms with Gasteiger partial charge in [-0.3, -0.25) is 9.59 Å². The highest BCUT2D eigenvalue weighted by atomic mass is 16.5. The third-order valence-corrected chi connectivity index (χ3v) is 6.73. The second kappa shape index (κ2) is 12.1. The first-order chi connectivity index (χ1) is 17.3. The van der Waals surface area contributed by atoms with Crippen molar-refractivity contribution in [3.63, 3.8) is 0 Å². The smallest absolute Gasteiger partial charge is 0.295 e. The third-order valence-electron chi connectivity index (χ3n) is 6.73. The fourth-order valence-electron chi connectivity index (χ4n) is 4.62. The normalized spacial score (nSPS) is 17.3. The first kappa shape index (κ1) is 27.3. The molecule has 36 heavy (non-hydrogen) atoms. The molecule has 2 aromatic rings. The lowest BCUT2D eigenvalue weighted by Crippen LogP contribution is -2.38. The fourth-order valence-corrected chi connectivity index (χ4v) is 4.62. The lowest BCUT2D eigenvalue weighted by molar-refractivity contribution is -0.140. The lowest BCUT2D eigenvalue weighted by Gasteiger charge is -2.28. The summed E-state index contributed by atoms with van der Waals surface area (Å²) in [5, 5.41) is 11.5. The van der Waals surface area contributed by atoms with Gasteiger partial charge in [-0.05, 0) is 67.4 Å². The summed E-state index contributed by atoms with van der Waals surface area (Å²) < 4.78 is 11.0. The number of aliphatic hydroxyl groups excluding tert-OH is 1. The maximum absolute atomic E-state index is 13.3. The van der Waals surface area contributed by atoms with Gasteiger partial charge in [0, 0.05) is 18.7 Å². The van der Waals surface area contributed by atoms with Crippen LogP contribution >= 0.6 is 0 Å². The van der Waals surface area contributed by atoms with E-state index >= 15 is 0 Å². The SMILES string of the molecule is CCOc1ccc(/C(O)=C2/C(=O)C(=O)N(CCN(CC)CC)C2c2ccc(OC)cc2)cc1C(C)C. The van der Waals surface area contributed by atoms with Gasteiger partial charge in [-0.15, -0.1) is 0 Å². The summed E-state index contributed by atoms with van der Waals surface area (Å²) in [5.41, 5.74) is 2.26. The van der Waals surface area contributed by atoms with Crippen LogP contribution in [0.3, 0.4) is 0 Å². The van der Waals surface area contributed by atoms with E-state index in [9.17, 15) is 14.7 Å². The first-order valence-corrected chi connectivity index (χ1v) is 12.7. The molecule has 1 saturated heterocycles. The number of carbonyl (C=O) groups excluding carboxylic acids is 2. The van der Waals surface area contributed by atoms with E-state index in [0.717, 1.165) is 30.0 Å². The zero-order valence-electron chi connectivity index (χ0n) is 22.2. The van der Waals surface area contributed by atoms with E-state index in [1.54, 1.807) is 30.2 Å². The lowest BCUT2D eigenvalue weighted by atomic mass is 9.93. The summed E-state index contributed by atoms with van der Waals surface area (Å²) in [6.07, 6.45) is 0. The number of aliphatic hydroxyl groups is 1. The van der Waals surface area contributed by atoms with Gasteiger partial charge in [0.15, 0.2) is 0 Å². The topological polar surface area (TPSA) is 79.3 Å². The number of ether oxygens (including phenoxy) is 2. The molecule has 0 radical (unpaired) electrons. The van der Waals surface area contributed by atoms with Gasteiger partial charge >= 0.3 is 0 Å². The highest BCUT2D eigenvalue weighted by Crippen LogP contribution is 2.40. The molecule has 1 atom stereocenters. The molecule has 0 spiro atoms. The molecule has 1 aliphatic rings. The molecule has 1 N–H and O–H groups in total. The molecule has 3 rings (SSSR count). The van der Waals surface area contributed by atoms with Crippen LogP contribution in [0.25, 0.3) is 5.76 Å². The molecule has 1 fully saturated rings. The van der Waals surface area contributed by atoms with Gasteiger partial charge < -0.3 is 24.4 Å². The Kier molecular flexibility index (Phi) is 9.15. The minimum atomic E-state index is -0.694. The molecule has 7 heteroatoms. The molecular formula is C29H38N2O5. The number of amides is 1. The van der Waals surface area contributed by atoms with Crippen LogP contribution < -0.4 is 9.47 Å². The molecular weight excluding hydrogens is 456 g/mol. The van der Waals surface area contributed by atoms with Crippen LogP contribution in [0.1, 0.15) is 63.3 Å². The summed E-state index contributed by atoms with van der Waals surface area (Å²) in [6.45, 7) is 13.4. The number of likely N-dealkylation sites (N-methyl/N-ethyl adjacent to an activating group) is 1. The van der Waals surface area contributed by atoms with Crippen molar-refractivity contribution in [1.29, 1.82) is 0 Å². The largest absolute Gasteiger partial charge is 0.507 e. The average Bonchev–Trinajstić information content (AvgIpc) is 3.14. The Morgan fingerprint density at radius 3 is 2.28 bits per heavy atom. The van der Waals surface area contributed by atoms with Crippen LogP contribution in [0, 0.1) is 0 Å². The molecule has 1 unspecified atom stereocenters. The van der Waals surface area contributed by atoms with Crippen molar-refractivity contribution in [2.75, 3.05) is 39.9 Å². The van der Waals surface area contributed by atoms with Crippen LogP contribution in [0.15, 0.2) is 48.0 Å². The zero-order valence-corrected chi connectivity index (χ0v) is 22.2. The number of hydrogen-bond acceptors (Lipinski definition) is 6. The van der Waals surface area contributed by atoms with Gasteiger partial charge in [0.2, 0.25) is 0 Å². The molecule has 1 amide bonds. The Balaban J connectivity index is 2.13. The van der Waals surface area contributed by atoms with Crippen molar-refractivity contribution in [3.05, 3.63) is 64.7 Å². The van der Waals surface area contributed by atoms with E-state index in [2.05, 4.69) is 18.7 Å². The van der Waals surface area contributed by atoms with Crippen molar-refractivity contribution in [2.45, 2.75) is 46.6 Å². The predicted octanol–water partition coefficient (Wildman–Crippen LogP) is 4.98. The maximum Gasteiger partial charge on any atom is 0.295 e. The minimum absolute atomic E-state index is 0.101. The Hall–Kier alpha value is -3.32. The molecule has 194 valence electrons. The first-order valence-electron chi connectivity index (χ1n) is 12.7. The number of benzene rings is 2. The molecule has 1 heterocycles. The fraction of sp³-hybridized carbons (Fsp3) is 0.448. The van der Waals surface area contributed by atoms with Crippen LogP contribution in [0.5, 0.6) is 11.5 Å². The predicted molar refractivity (Wildman–Crippen MR) is 141 cm³/mol. The average molecular weight is 495 g/mol. The second-order valence-electron chi connectivity index (χ2n) is 9.13. The van der Waals surface area contributed by atoms with Crippen LogP contribution in [-0.4, -0.2) is 66.5 Å². The Bertz CT molecular complexity index is 1100. The molecule has 2 aromatic carbocycles. The Labute approximate surface area is 214 Å². The van der Waals surface area contributed by atoms with Crippen molar-refractivity contribution < 1.29 is 24.2 Å². The number of nitrogens with zero attached hydrogens (tertiary/aromatic N) is 2. The van der Waals surface area contributed by atoms with Gasteiger partial charge in [-0.1, -0.05) is 39.8 Å². The minimum Gasteiger partial charge on any atom is -0.507 e. The van der Waals surface area contributed by atoms with Crippen molar-refractivity contribution in [1.82, 2.24) is 9.80 Å². The summed E-state index contributed by atoms with van der Waals surface area (Å²) in [5.74, 6) is 0.118.